The van der Waals surface area contributed by atoms with E-state index in [4.69, 9.17) is 0 Å². The maximum absolute atomic E-state index is 12.4. The van der Waals surface area contributed by atoms with E-state index in [2.05, 4.69) is 22.1 Å². The third kappa shape index (κ3) is 4.57. The highest BCUT2D eigenvalue weighted by molar-refractivity contribution is 5.95. The Hall–Kier alpha value is -2.92. The van der Waals surface area contributed by atoms with Crippen LogP contribution in [0.25, 0.3) is 21.9 Å². The number of hydrogen-bond acceptors (Lipinski definition) is 3. The monoisotopic (exact) mass is 389 g/mol. The number of H-pyrrole nitrogens is 1. The van der Waals surface area contributed by atoms with E-state index in [-0.39, 0.29) is 11.5 Å². The van der Waals surface area contributed by atoms with E-state index in [9.17, 15) is 9.59 Å². The second-order valence-electron chi connectivity index (χ2n) is 7.99. The maximum atomic E-state index is 12.4. The first-order valence-corrected chi connectivity index (χ1v) is 10.3. The fourth-order valence-corrected chi connectivity index (χ4v) is 4.11. The molecular formula is C24H27N3O2. The molecule has 1 aromatic heterocycles. The first-order valence-electron chi connectivity index (χ1n) is 10.3. The zero-order valence-electron chi connectivity index (χ0n) is 16.8. The quantitative estimate of drug-likeness (QED) is 0.700. The number of rotatable bonds is 5. The van der Waals surface area contributed by atoms with Crippen LogP contribution in [0.4, 0.5) is 0 Å². The number of nitrogens with one attached hydrogen (secondary N) is 2. The van der Waals surface area contributed by atoms with Gasteiger partial charge in [0, 0.05) is 36.8 Å². The number of hydrogen-bond donors (Lipinski definition) is 2. The Labute approximate surface area is 170 Å². The third-order valence-corrected chi connectivity index (χ3v) is 5.71. The summed E-state index contributed by atoms with van der Waals surface area (Å²) in [6.45, 7) is 6.13. The van der Waals surface area contributed by atoms with Gasteiger partial charge in [0.05, 0.1) is 0 Å². The smallest absolute Gasteiger partial charge is 0.255 e. The van der Waals surface area contributed by atoms with Gasteiger partial charge in [0.2, 0.25) is 0 Å². The van der Waals surface area contributed by atoms with Crippen molar-refractivity contribution in [3.8, 4) is 11.1 Å². The Balaban J connectivity index is 1.38. The summed E-state index contributed by atoms with van der Waals surface area (Å²) in [7, 11) is 0. The molecule has 5 nitrogen and oxygen atoms in total. The van der Waals surface area contributed by atoms with Crippen molar-refractivity contribution in [1.82, 2.24) is 15.2 Å². The number of amides is 1. The van der Waals surface area contributed by atoms with Crippen molar-refractivity contribution in [1.29, 1.82) is 0 Å². The molecule has 1 atom stereocenters. The summed E-state index contributed by atoms with van der Waals surface area (Å²) in [5.41, 5.74) is 2.62. The molecule has 4 rings (SSSR count). The van der Waals surface area contributed by atoms with Gasteiger partial charge in [0.15, 0.2) is 0 Å². The van der Waals surface area contributed by atoms with Crippen LogP contribution in [0.3, 0.4) is 0 Å². The van der Waals surface area contributed by atoms with Gasteiger partial charge in [0.25, 0.3) is 11.5 Å². The average molecular weight is 389 g/mol. The zero-order chi connectivity index (χ0) is 20.2. The van der Waals surface area contributed by atoms with Crippen molar-refractivity contribution in [2.75, 3.05) is 26.2 Å². The maximum Gasteiger partial charge on any atom is 0.255 e. The zero-order valence-corrected chi connectivity index (χ0v) is 16.8. The Morgan fingerprint density at radius 3 is 2.72 bits per heavy atom. The van der Waals surface area contributed by atoms with Gasteiger partial charge in [-0.2, -0.15) is 0 Å². The van der Waals surface area contributed by atoms with Crippen LogP contribution in [0.15, 0.2) is 59.5 Å². The first kappa shape index (κ1) is 19.4. The van der Waals surface area contributed by atoms with Gasteiger partial charge in [-0.15, -0.1) is 0 Å². The molecular weight excluding hydrogens is 362 g/mol. The largest absolute Gasteiger partial charge is 0.351 e. The van der Waals surface area contributed by atoms with Crippen LogP contribution in [0.5, 0.6) is 0 Å². The standard InChI is InChI=1S/C24H27N3O2/c1-17-3-2-13-27(16-17)14-12-26-23(28)19-6-4-18(5-7-19)20-8-9-22-21(15-20)10-11-25-24(22)29/h4-11,15,17H,2-3,12-14,16H2,1H3,(H,25,29)(H,26,28). The van der Waals surface area contributed by atoms with Crippen LogP contribution in [0, 0.1) is 5.92 Å². The lowest BCUT2D eigenvalue weighted by Gasteiger charge is -2.30. The Kier molecular flexibility index (Phi) is 5.76. The van der Waals surface area contributed by atoms with E-state index in [1.165, 1.54) is 12.8 Å². The lowest BCUT2D eigenvalue weighted by molar-refractivity contribution is 0.0944. The lowest BCUT2D eigenvalue weighted by Crippen LogP contribution is -2.40. The molecule has 1 saturated heterocycles. The second-order valence-corrected chi connectivity index (χ2v) is 7.99. The summed E-state index contributed by atoms with van der Waals surface area (Å²) >= 11 is 0. The number of aromatic amines is 1. The minimum absolute atomic E-state index is 0.0355. The number of piperidine rings is 1. The normalized spacial score (nSPS) is 17.3. The highest BCUT2D eigenvalue weighted by atomic mass is 16.1. The van der Waals surface area contributed by atoms with Crippen molar-refractivity contribution in [3.05, 3.63) is 70.6 Å². The Bertz CT molecular complexity index is 1060. The van der Waals surface area contributed by atoms with Crippen LogP contribution >= 0.6 is 0 Å². The van der Waals surface area contributed by atoms with Crippen molar-refractivity contribution in [2.24, 2.45) is 5.92 Å². The predicted molar refractivity (Wildman–Crippen MR) is 117 cm³/mol. The number of carbonyl (C=O) groups excluding carboxylic acids is 1. The predicted octanol–water partition coefficient (Wildman–Crippen LogP) is 3.66. The van der Waals surface area contributed by atoms with E-state index in [1.54, 1.807) is 6.20 Å². The molecule has 0 spiro atoms. The second kappa shape index (κ2) is 8.62. The molecule has 1 amide bonds. The van der Waals surface area contributed by atoms with E-state index in [1.807, 2.05) is 48.5 Å². The van der Waals surface area contributed by atoms with Gasteiger partial charge in [-0.3, -0.25) is 9.59 Å². The summed E-state index contributed by atoms with van der Waals surface area (Å²) in [5.74, 6) is 0.715. The molecule has 5 heteroatoms. The topological polar surface area (TPSA) is 65.2 Å². The van der Waals surface area contributed by atoms with E-state index in [0.29, 0.717) is 17.5 Å². The molecule has 150 valence electrons. The van der Waals surface area contributed by atoms with E-state index >= 15 is 0 Å². The molecule has 0 radical (unpaired) electrons. The number of likely N-dealkylation sites (tertiary alicyclic amines) is 1. The van der Waals surface area contributed by atoms with Gasteiger partial charge in [0.1, 0.15) is 0 Å². The Morgan fingerprint density at radius 2 is 1.93 bits per heavy atom. The molecule has 2 N–H and O–H groups in total. The highest BCUT2D eigenvalue weighted by Crippen LogP contribution is 2.23. The number of nitrogens with zero attached hydrogens (tertiary/aromatic N) is 1. The molecule has 29 heavy (non-hydrogen) atoms. The summed E-state index contributed by atoms with van der Waals surface area (Å²) in [5, 5.41) is 4.61. The van der Waals surface area contributed by atoms with Crippen molar-refractivity contribution < 1.29 is 4.79 Å². The molecule has 0 aliphatic carbocycles. The number of carbonyl (C=O) groups is 1. The molecule has 1 fully saturated rings. The molecule has 1 aliphatic rings. The van der Waals surface area contributed by atoms with E-state index in [0.717, 1.165) is 42.1 Å². The fourth-order valence-electron chi connectivity index (χ4n) is 4.11. The van der Waals surface area contributed by atoms with Crippen LogP contribution in [-0.4, -0.2) is 42.0 Å². The minimum Gasteiger partial charge on any atom is -0.351 e. The summed E-state index contributed by atoms with van der Waals surface area (Å²) in [4.78, 5) is 29.4. The van der Waals surface area contributed by atoms with Crippen LogP contribution < -0.4 is 10.9 Å². The van der Waals surface area contributed by atoms with Gasteiger partial charge >= 0.3 is 0 Å². The van der Waals surface area contributed by atoms with Gasteiger partial charge in [-0.05, 0) is 72.1 Å². The van der Waals surface area contributed by atoms with Crippen LogP contribution in [0.2, 0.25) is 0 Å². The molecule has 0 saturated carbocycles. The van der Waals surface area contributed by atoms with Crippen LogP contribution in [0.1, 0.15) is 30.1 Å². The molecule has 3 aromatic rings. The Morgan fingerprint density at radius 1 is 1.14 bits per heavy atom. The SMILES string of the molecule is CC1CCCN(CCNC(=O)c2ccc(-c3ccc4c(=O)[nH]ccc4c3)cc2)C1. The number of pyridine rings is 1. The molecule has 2 heterocycles. The molecule has 0 bridgehead atoms. The minimum atomic E-state index is -0.0833. The van der Waals surface area contributed by atoms with Gasteiger partial charge < -0.3 is 15.2 Å². The van der Waals surface area contributed by atoms with Crippen molar-refractivity contribution in [2.45, 2.75) is 19.8 Å². The van der Waals surface area contributed by atoms with Crippen molar-refractivity contribution in [3.63, 3.8) is 0 Å². The van der Waals surface area contributed by atoms with E-state index < -0.39 is 0 Å². The summed E-state index contributed by atoms with van der Waals surface area (Å²) in [6.07, 6.45) is 4.22. The molecule has 1 unspecified atom stereocenters. The number of benzene rings is 2. The number of fused-ring (bicyclic) bond motifs is 1. The van der Waals surface area contributed by atoms with Gasteiger partial charge in [-0.1, -0.05) is 25.1 Å². The van der Waals surface area contributed by atoms with Crippen molar-refractivity contribution >= 4 is 16.7 Å². The lowest BCUT2D eigenvalue weighted by atomic mass is 10.0. The third-order valence-electron chi connectivity index (χ3n) is 5.71. The fraction of sp³-hybridized carbons (Fsp3) is 0.333. The highest BCUT2D eigenvalue weighted by Gasteiger charge is 2.16. The van der Waals surface area contributed by atoms with Crippen LogP contribution in [-0.2, 0) is 0 Å². The molecule has 2 aromatic carbocycles. The number of aromatic nitrogens is 1. The average Bonchev–Trinajstić information content (AvgIpc) is 2.74. The van der Waals surface area contributed by atoms with Gasteiger partial charge in [-0.25, -0.2) is 0 Å². The summed E-state index contributed by atoms with van der Waals surface area (Å²) in [6, 6.07) is 15.3. The molecule has 1 aliphatic heterocycles. The first-order chi connectivity index (χ1) is 14.1. The summed E-state index contributed by atoms with van der Waals surface area (Å²) < 4.78 is 0.